The molecule has 0 aliphatic heterocycles. The first-order chi connectivity index (χ1) is 6.33. The average molecular weight is 170 g/mol. The fourth-order valence-electron chi connectivity index (χ4n) is 1.08. The molecule has 0 unspecified atom stereocenters. The Hall–Kier alpha value is -1.56. The highest BCUT2D eigenvalue weighted by atomic mass is 13.9. The van der Waals surface area contributed by atoms with Gasteiger partial charge in [0.25, 0.3) is 0 Å². The van der Waals surface area contributed by atoms with Gasteiger partial charge < -0.3 is 0 Å². The quantitative estimate of drug-likeness (QED) is 0.606. The second-order valence-electron chi connectivity index (χ2n) is 2.89. The molecule has 1 rings (SSSR count). The summed E-state index contributed by atoms with van der Waals surface area (Å²) in [5, 5.41) is 0. The Morgan fingerprint density at radius 1 is 1.15 bits per heavy atom. The predicted molar refractivity (Wildman–Crippen MR) is 59.6 cm³/mol. The van der Waals surface area contributed by atoms with Crippen LogP contribution in [-0.4, -0.2) is 0 Å². The van der Waals surface area contributed by atoms with Gasteiger partial charge in [0.05, 0.1) is 0 Å². The van der Waals surface area contributed by atoms with E-state index in [2.05, 4.69) is 43.8 Å². The lowest BCUT2D eigenvalue weighted by Crippen LogP contribution is -1.73. The maximum atomic E-state index is 3.60. The van der Waals surface area contributed by atoms with E-state index in [-0.39, 0.29) is 0 Å². The molecule has 0 amide bonds. The lowest BCUT2D eigenvalue weighted by atomic mass is 10.1. The Bertz CT molecular complexity index is 330. The Morgan fingerprint density at radius 2 is 2.00 bits per heavy atom. The van der Waals surface area contributed by atoms with Crippen LogP contribution in [0.1, 0.15) is 11.1 Å². The molecule has 0 heteroatoms. The molecule has 0 fully saturated rings. The maximum absolute atomic E-state index is 3.60. The Balaban J connectivity index is 2.68. The second kappa shape index (κ2) is 5.15. The summed E-state index contributed by atoms with van der Waals surface area (Å²) in [6.45, 7) is 5.69. The zero-order valence-corrected chi connectivity index (χ0v) is 7.90. The van der Waals surface area contributed by atoms with Crippen LogP contribution in [0.25, 0.3) is 6.08 Å². The van der Waals surface area contributed by atoms with E-state index in [9.17, 15) is 0 Å². The van der Waals surface area contributed by atoms with E-state index in [1.165, 1.54) is 11.1 Å². The minimum atomic E-state index is 1.23. The van der Waals surface area contributed by atoms with Gasteiger partial charge in [0.2, 0.25) is 0 Å². The molecule has 0 aliphatic rings. The number of rotatable bonds is 3. The van der Waals surface area contributed by atoms with Crippen molar-refractivity contribution in [3.05, 3.63) is 66.3 Å². The third-order valence-electron chi connectivity index (χ3n) is 1.69. The summed E-state index contributed by atoms with van der Waals surface area (Å²) in [6.07, 6.45) is 9.73. The van der Waals surface area contributed by atoms with Crippen molar-refractivity contribution >= 4 is 6.08 Å². The summed E-state index contributed by atoms with van der Waals surface area (Å²) >= 11 is 0. The topological polar surface area (TPSA) is 0 Å². The summed E-state index contributed by atoms with van der Waals surface area (Å²) < 4.78 is 0. The molecule has 0 radical (unpaired) electrons. The Labute approximate surface area is 79.9 Å². The summed E-state index contributed by atoms with van der Waals surface area (Å²) in [7, 11) is 0. The van der Waals surface area contributed by atoms with Crippen molar-refractivity contribution in [2.75, 3.05) is 0 Å². The largest absolute Gasteiger partial charge is 0.0991 e. The van der Waals surface area contributed by atoms with Crippen molar-refractivity contribution in [1.29, 1.82) is 0 Å². The molecule has 0 bridgehead atoms. The first-order valence-corrected chi connectivity index (χ1v) is 4.35. The molecule has 0 aromatic heterocycles. The number of allylic oxidation sites excluding steroid dienone is 4. The van der Waals surface area contributed by atoms with Crippen LogP contribution in [0.5, 0.6) is 0 Å². The van der Waals surface area contributed by atoms with Gasteiger partial charge >= 0.3 is 0 Å². The van der Waals surface area contributed by atoms with Crippen LogP contribution in [-0.2, 0) is 0 Å². The molecule has 0 saturated heterocycles. The summed E-state index contributed by atoms with van der Waals surface area (Å²) in [6, 6.07) is 8.40. The molecular formula is C13H14. The fourth-order valence-corrected chi connectivity index (χ4v) is 1.08. The van der Waals surface area contributed by atoms with Gasteiger partial charge in [-0.15, -0.1) is 0 Å². The van der Waals surface area contributed by atoms with Gasteiger partial charge in [-0.3, -0.25) is 0 Å². The van der Waals surface area contributed by atoms with Gasteiger partial charge in [-0.2, -0.15) is 0 Å². The van der Waals surface area contributed by atoms with Crippen LogP contribution in [0.3, 0.4) is 0 Å². The van der Waals surface area contributed by atoms with Crippen molar-refractivity contribution in [3.63, 3.8) is 0 Å². The first kappa shape index (κ1) is 9.53. The van der Waals surface area contributed by atoms with E-state index in [1.54, 1.807) is 6.08 Å². The van der Waals surface area contributed by atoms with Crippen LogP contribution in [0, 0.1) is 6.92 Å². The van der Waals surface area contributed by atoms with E-state index < -0.39 is 0 Å². The standard InChI is InChI=1S/C13H14/c1-3-4-5-6-9-13-10-7-8-12(2)11-13/h3-11H,1H2,2H3/b5-4+,9-6+. The van der Waals surface area contributed by atoms with Gasteiger partial charge in [0.15, 0.2) is 0 Å². The van der Waals surface area contributed by atoms with Crippen molar-refractivity contribution < 1.29 is 0 Å². The molecule has 66 valence electrons. The molecule has 0 N–H and O–H groups in total. The van der Waals surface area contributed by atoms with E-state index in [0.29, 0.717) is 0 Å². The zero-order valence-electron chi connectivity index (χ0n) is 7.90. The summed E-state index contributed by atoms with van der Waals surface area (Å²) in [5.41, 5.74) is 2.52. The molecule has 13 heavy (non-hydrogen) atoms. The molecule has 0 saturated carbocycles. The zero-order chi connectivity index (χ0) is 9.52. The van der Waals surface area contributed by atoms with Crippen molar-refractivity contribution in [2.24, 2.45) is 0 Å². The maximum Gasteiger partial charge on any atom is -0.0254 e. The average Bonchev–Trinajstić information content (AvgIpc) is 2.13. The molecule has 0 spiro atoms. The van der Waals surface area contributed by atoms with Gasteiger partial charge in [0.1, 0.15) is 0 Å². The number of hydrogen-bond acceptors (Lipinski definition) is 0. The smallest absolute Gasteiger partial charge is 0.0254 e. The fraction of sp³-hybridized carbons (Fsp3) is 0.0769. The number of aryl methyl sites for hydroxylation is 1. The van der Waals surface area contributed by atoms with E-state index in [4.69, 9.17) is 0 Å². The number of benzene rings is 1. The second-order valence-corrected chi connectivity index (χ2v) is 2.89. The molecule has 0 atom stereocenters. The molecule has 1 aromatic carbocycles. The number of hydrogen-bond donors (Lipinski definition) is 0. The Morgan fingerprint density at radius 3 is 2.69 bits per heavy atom. The molecule has 0 nitrogen and oxygen atoms in total. The van der Waals surface area contributed by atoms with Crippen LogP contribution >= 0.6 is 0 Å². The first-order valence-electron chi connectivity index (χ1n) is 4.35. The summed E-state index contributed by atoms with van der Waals surface area (Å²) in [5.74, 6) is 0. The lowest BCUT2D eigenvalue weighted by Gasteiger charge is -1.93. The highest BCUT2D eigenvalue weighted by Crippen LogP contribution is 2.05. The third kappa shape index (κ3) is 3.57. The minimum Gasteiger partial charge on any atom is -0.0991 e. The molecular weight excluding hydrogens is 156 g/mol. The molecule has 0 aliphatic carbocycles. The molecule has 1 aromatic rings. The SMILES string of the molecule is C=C/C=C/C=C/c1cccc(C)c1. The predicted octanol–water partition coefficient (Wildman–Crippen LogP) is 3.75. The van der Waals surface area contributed by atoms with Gasteiger partial charge in [-0.05, 0) is 12.5 Å². The van der Waals surface area contributed by atoms with E-state index in [1.807, 2.05) is 18.2 Å². The van der Waals surface area contributed by atoms with Crippen LogP contribution < -0.4 is 0 Å². The third-order valence-corrected chi connectivity index (χ3v) is 1.69. The monoisotopic (exact) mass is 170 g/mol. The lowest BCUT2D eigenvalue weighted by molar-refractivity contribution is 1.46. The van der Waals surface area contributed by atoms with Crippen LogP contribution in [0.4, 0.5) is 0 Å². The Kier molecular flexibility index (Phi) is 3.77. The van der Waals surface area contributed by atoms with Crippen LogP contribution in [0.2, 0.25) is 0 Å². The van der Waals surface area contributed by atoms with E-state index >= 15 is 0 Å². The molecule has 0 heterocycles. The van der Waals surface area contributed by atoms with Gasteiger partial charge in [0, 0.05) is 0 Å². The highest BCUT2D eigenvalue weighted by molar-refractivity contribution is 5.51. The summed E-state index contributed by atoms with van der Waals surface area (Å²) in [4.78, 5) is 0. The van der Waals surface area contributed by atoms with Gasteiger partial charge in [-0.1, -0.05) is 66.8 Å². The van der Waals surface area contributed by atoms with Crippen molar-refractivity contribution in [1.82, 2.24) is 0 Å². The normalized spacial score (nSPS) is 11.2. The minimum absolute atomic E-state index is 1.23. The van der Waals surface area contributed by atoms with Crippen molar-refractivity contribution in [3.8, 4) is 0 Å². The van der Waals surface area contributed by atoms with Gasteiger partial charge in [-0.25, -0.2) is 0 Å². The van der Waals surface area contributed by atoms with Crippen molar-refractivity contribution in [2.45, 2.75) is 6.92 Å². The highest BCUT2D eigenvalue weighted by Gasteiger charge is 1.84. The van der Waals surface area contributed by atoms with Crippen LogP contribution in [0.15, 0.2) is 55.1 Å². The van der Waals surface area contributed by atoms with E-state index in [0.717, 1.165) is 0 Å².